The number of anilines is 1. The van der Waals surface area contributed by atoms with E-state index >= 15 is 0 Å². The molecular weight excluding hydrogens is 258 g/mol. The first-order valence-corrected chi connectivity index (χ1v) is 5.33. The number of aromatic nitrogens is 2. The number of hydrogen-bond acceptors (Lipinski definition) is 3. The van der Waals surface area contributed by atoms with E-state index in [2.05, 4.69) is 10.3 Å². The number of aromatic amines is 2. The van der Waals surface area contributed by atoms with Crippen molar-refractivity contribution >= 4 is 23.3 Å². The standard InChI is InChI=1S/C11H8ClN3O3/c12-7-3-1-2-6(4-7)10(17)13-8-5-9(16)15-11(18)14-8/h1-5H,(H3,13,14,15,16,17,18). The summed E-state index contributed by atoms with van der Waals surface area (Å²) in [4.78, 5) is 38.1. The first-order valence-electron chi connectivity index (χ1n) is 4.95. The van der Waals surface area contributed by atoms with E-state index in [1.54, 1.807) is 18.2 Å². The summed E-state index contributed by atoms with van der Waals surface area (Å²) >= 11 is 5.75. The molecule has 1 aromatic carbocycles. The van der Waals surface area contributed by atoms with Crippen LogP contribution in [0.25, 0.3) is 0 Å². The number of hydrogen-bond donors (Lipinski definition) is 3. The zero-order valence-corrected chi connectivity index (χ0v) is 9.75. The van der Waals surface area contributed by atoms with Gasteiger partial charge in [0.2, 0.25) is 0 Å². The van der Waals surface area contributed by atoms with Gasteiger partial charge in [0.25, 0.3) is 11.5 Å². The Morgan fingerprint density at radius 2 is 1.94 bits per heavy atom. The molecule has 1 heterocycles. The molecule has 1 amide bonds. The third-order valence-electron chi connectivity index (χ3n) is 2.10. The van der Waals surface area contributed by atoms with Crippen LogP contribution in [0.4, 0.5) is 5.82 Å². The molecule has 1 aromatic heterocycles. The van der Waals surface area contributed by atoms with Crippen molar-refractivity contribution in [3.8, 4) is 0 Å². The molecule has 0 saturated carbocycles. The first-order chi connectivity index (χ1) is 8.54. The molecule has 0 radical (unpaired) electrons. The van der Waals surface area contributed by atoms with Gasteiger partial charge < -0.3 is 5.32 Å². The van der Waals surface area contributed by atoms with Gasteiger partial charge in [-0.05, 0) is 18.2 Å². The average Bonchev–Trinajstić information content (AvgIpc) is 2.27. The van der Waals surface area contributed by atoms with Crippen LogP contribution in [-0.2, 0) is 0 Å². The van der Waals surface area contributed by atoms with Crippen LogP contribution >= 0.6 is 11.6 Å². The summed E-state index contributed by atoms with van der Waals surface area (Å²) in [5.74, 6) is -0.451. The Kier molecular flexibility index (Phi) is 3.29. The summed E-state index contributed by atoms with van der Waals surface area (Å²) in [6.45, 7) is 0. The highest BCUT2D eigenvalue weighted by Crippen LogP contribution is 2.11. The molecule has 0 unspecified atom stereocenters. The molecule has 92 valence electrons. The van der Waals surface area contributed by atoms with E-state index in [4.69, 9.17) is 11.6 Å². The van der Waals surface area contributed by atoms with Gasteiger partial charge in [-0.1, -0.05) is 17.7 Å². The van der Waals surface area contributed by atoms with Crippen molar-refractivity contribution in [1.29, 1.82) is 0 Å². The van der Waals surface area contributed by atoms with Crippen molar-refractivity contribution in [3.05, 3.63) is 61.8 Å². The number of rotatable bonds is 2. The monoisotopic (exact) mass is 265 g/mol. The number of benzene rings is 1. The predicted molar refractivity (Wildman–Crippen MR) is 67.1 cm³/mol. The fourth-order valence-electron chi connectivity index (χ4n) is 1.36. The lowest BCUT2D eigenvalue weighted by Crippen LogP contribution is -2.24. The smallest absolute Gasteiger partial charge is 0.308 e. The summed E-state index contributed by atoms with van der Waals surface area (Å²) in [7, 11) is 0. The Hall–Kier alpha value is -2.34. The number of halogens is 1. The van der Waals surface area contributed by atoms with E-state index in [0.717, 1.165) is 6.07 Å². The van der Waals surface area contributed by atoms with Crippen LogP contribution < -0.4 is 16.6 Å². The Morgan fingerprint density at radius 1 is 1.17 bits per heavy atom. The Labute approximate surface area is 106 Å². The van der Waals surface area contributed by atoms with Gasteiger partial charge in [0.1, 0.15) is 5.82 Å². The van der Waals surface area contributed by atoms with Crippen LogP contribution in [0.3, 0.4) is 0 Å². The second kappa shape index (κ2) is 4.89. The van der Waals surface area contributed by atoms with Crippen LogP contribution in [0.5, 0.6) is 0 Å². The number of carbonyl (C=O) groups is 1. The van der Waals surface area contributed by atoms with Gasteiger partial charge >= 0.3 is 5.69 Å². The van der Waals surface area contributed by atoms with Crippen LogP contribution in [0.2, 0.25) is 5.02 Å². The first kappa shape index (κ1) is 12.1. The van der Waals surface area contributed by atoms with E-state index in [0.29, 0.717) is 10.6 Å². The highest BCUT2D eigenvalue weighted by Gasteiger charge is 2.07. The van der Waals surface area contributed by atoms with Gasteiger partial charge in [-0.3, -0.25) is 19.6 Å². The summed E-state index contributed by atoms with van der Waals surface area (Å²) in [6, 6.07) is 7.36. The second-order valence-electron chi connectivity index (χ2n) is 3.47. The molecule has 6 nitrogen and oxygen atoms in total. The van der Waals surface area contributed by atoms with Gasteiger partial charge in [0.05, 0.1) is 0 Å². The molecule has 3 N–H and O–H groups in total. The minimum Gasteiger partial charge on any atom is -0.308 e. The molecule has 7 heteroatoms. The molecule has 0 fully saturated rings. The average molecular weight is 266 g/mol. The maximum atomic E-state index is 11.8. The molecular formula is C11H8ClN3O3. The maximum absolute atomic E-state index is 11.8. The summed E-state index contributed by atoms with van der Waals surface area (Å²) in [5.41, 5.74) is -0.965. The van der Waals surface area contributed by atoms with Crippen molar-refractivity contribution in [2.24, 2.45) is 0 Å². The third kappa shape index (κ3) is 2.86. The van der Waals surface area contributed by atoms with Crippen molar-refractivity contribution < 1.29 is 4.79 Å². The zero-order chi connectivity index (χ0) is 13.1. The predicted octanol–water partition coefficient (Wildman–Crippen LogP) is 0.969. The Bertz CT molecular complexity index is 677. The van der Waals surface area contributed by atoms with Gasteiger partial charge in [-0.25, -0.2) is 4.79 Å². The molecule has 2 rings (SSSR count). The molecule has 0 aliphatic rings. The van der Waals surface area contributed by atoms with E-state index < -0.39 is 17.2 Å². The number of H-pyrrole nitrogens is 2. The lowest BCUT2D eigenvalue weighted by Gasteiger charge is -2.04. The summed E-state index contributed by atoms with van der Waals surface area (Å²) < 4.78 is 0. The maximum Gasteiger partial charge on any atom is 0.327 e. The van der Waals surface area contributed by atoms with E-state index in [9.17, 15) is 14.4 Å². The molecule has 0 saturated heterocycles. The lowest BCUT2D eigenvalue weighted by atomic mass is 10.2. The minimum absolute atomic E-state index is 0.0220. The van der Waals surface area contributed by atoms with Crippen molar-refractivity contribution in [2.45, 2.75) is 0 Å². The minimum atomic E-state index is -0.691. The molecule has 0 aliphatic carbocycles. The highest BCUT2D eigenvalue weighted by atomic mass is 35.5. The number of carbonyl (C=O) groups excluding carboxylic acids is 1. The number of nitrogens with one attached hydrogen (secondary N) is 3. The van der Waals surface area contributed by atoms with Crippen molar-refractivity contribution in [1.82, 2.24) is 9.97 Å². The summed E-state index contributed by atoms with van der Waals surface area (Å²) in [6.07, 6.45) is 0. The van der Waals surface area contributed by atoms with Crippen molar-refractivity contribution in [3.63, 3.8) is 0 Å². The van der Waals surface area contributed by atoms with E-state index in [1.807, 2.05) is 4.98 Å². The Balaban J connectivity index is 2.26. The topological polar surface area (TPSA) is 94.8 Å². The lowest BCUT2D eigenvalue weighted by molar-refractivity contribution is 0.102. The SMILES string of the molecule is O=C(Nc1cc(=O)[nH]c(=O)[nH]1)c1cccc(Cl)c1. The van der Waals surface area contributed by atoms with Crippen LogP contribution in [0.1, 0.15) is 10.4 Å². The molecule has 18 heavy (non-hydrogen) atoms. The normalized spacial score (nSPS) is 10.1. The van der Waals surface area contributed by atoms with Gasteiger partial charge in [0.15, 0.2) is 0 Å². The fourth-order valence-corrected chi connectivity index (χ4v) is 1.55. The highest BCUT2D eigenvalue weighted by molar-refractivity contribution is 6.31. The molecule has 0 bridgehead atoms. The molecule has 0 aliphatic heterocycles. The molecule has 2 aromatic rings. The largest absolute Gasteiger partial charge is 0.327 e. The molecule has 0 atom stereocenters. The Morgan fingerprint density at radius 3 is 2.61 bits per heavy atom. The van der Waals surface area contributed by atoms with Crippen LogP contribution in [0.15, 0.2) is 39.9 Å². The van der Waals surface area contributed by atoms with E-state index in [-0.39, 0.29) is 5.82 Å². The molecule has 0 spiro atoms. The fraction of sp³-hybridized carbons (Fsp3) is 0. The van der Waals surface area contributed by atoms with Gasteiger partial charge in [-0.2, -0.15) is 0 Å². The van der Waals surface area contributed by atoms with Crippen LogP contribution in [-0.4, -0.2) is 15.9 Å². The van der Waals surface area contributed by atoms with Crippen LogP contribution in [0, 0.1) is 0 Å². The zero-order valence-electron chi connectivity index (χ0n) is 8.99. The second-order valence-corrected chi connectivity index (χ2v) is 3.90. The van der Waals surface area contributed by atoms with E-state index in [1.165, 1.54) is 6.07 Å². The van der Waals surface area contributed by atoms with Gasteiger partial charge in [-0.15, -0.1) is 0 Å². The quantitative estimate of drug-likeness (QED) is 0.755. The van der Waals surface area contributed by atoms with Crippen molar-refractivity contribution in [2.75, 3.05) is 5.32 Å². The number of amides is 1. The van der Waals surface area contributed by atoms with Gasteiger partial charge in [0, 0.05) is 16.7 Å². The summed E-state index contributed by atoms with van der Waals surface area (Å²) in [5, 5.41) is 2.81. The third-order valence-corrected chi connectivity index (χ3v) is 2.33.